The van der Waals surface area contributed by atoms with Gasteiger partial charge in [-0.25, -0.2) is 0 Å². The van der Waals surface area contributed by atoms with E-state index in [-0.39, 0.29) is 22.0 Å². The first-order chi connectivity index (χ1) is 4.91. The fraction of sp³-hybridized carbons (Fsp3) is 0.167. The predicted molar refractivity (Wildman–Crippen MR) is 65.0 cm³/mol. The maximum absolute atomic E-state index is 4.81. The molecule has 0 amide bonds. The van der Waals surface area contributed by atoms with Crippen LogP contribution < -0.4 is 0 Å². The van der Waals surface area contributed by atoms with E-state index in [1.807, 2.05) is 0 Å². The van der Waals surface area contributed by atoms with E-state index in [1.54, 1.807) is 0 Å². The minimum Gasteiger partial charge on any atom is -0.106 e. The Morgan fingerprint density at radius 2 is 0.833 bits per heavy atom. The molecule has 0 saturated heterocycles. The van der Waals surface area contributed by atoms with Gasteiger partial charge in [0.05, 0.1) is 0 Å². The Balaban J connectivity index is -0.0000000193. The monoisotopic (exact) mass is 164 g/mol. The zero-order valence-corrected chi connectivity index (χ0v) is 5.15. The molecule has 68 valence electrons. The van der Waals surface area contributed by atoms with E-state index < -0.39 is 0 Å². The highest BCUT2D eigenvalue weighted by molar-refractivity contribution is 5.41. The first kappa shape index (κ1) is 16.4. The van der Waals surface area contributed by atoms with Gasteiger partial charge in [0.1, 0.15) is 0 Å². The molecule has 0 atom stereocenters. The fourth-order valence-corrected chi connectivity index (χ4v) is 0.197. The first-order valence-electron chi connectivity index (χ1n) is 2.33. The molecule has 0 aliphatic rings. The number of hydrogen-bond donors (Lipinski definition) is 0. The Bertz CT molecular complexity index is 329. The van der Waals surface area contributed by atoms with Crippen LogP contribution in [0.2, 0.25) is 0 Å². The van der Waals surface area contributed by atoms with Crippen LogP contribution in [0.5, 0.6) is 0 Å². The molecule has 0 aromatic rings. The molecule has 0 nitrogen and oxygen atoms in total. The summed E-state index contributed by atoms with van der Waals surface area (Å²) in [4.78, 5) is 0. The largest absolute Gasteiger partial charge is 0.106 e. The molecule has 0 heteroatoms. The van der Waals surface area contributed by atoms with Crippen molar-refractivity contribution in [2.24, 2.45) is 0 Å². The van der Waals surface area contributed by atoms with E-state index in [0.29, 0.717) is 0 Å². The van der Waals surface area contributed by atoms with Crippen LogP contribution >= 0.6 is 0 Å². The summed E-state index contributed by atoms with van der Waals surface area (Å²) in [5.74, 6) is 18.4. The zero-order chi connectivity index (χ0) is 7.66. The first-order valence-corrected chi connectivity index (χ1v) is 2.33. The maximum atomic E-state index is 4.81. The van der Waals surface area contributed by atoms with Gasteiger partial charge in [0.15, 0.2) is 0 Å². The smallest absolute Gasteiger partial charge is 0 e. The molecule has 12 heavy (non-hydrogen) atoms. The van der Waals surface area contributed by atoms with Crippen molar-refractivity contribution in [1.82, 2.24) is 0 Å². The molecule has 0 aliphatic heterocycles. The maximum Gasteiger partial charge on any atom is 0 e. The van der Waals surface area contributed by atoms with Gasteiger partial charge in [-0.05, 0) is 47.4 Å². The van der Waals surface area contributed by atoms with E-state index in [4.69, 9.17) is 12.8 Å². The summed E-state index contributed by atoms with van der Waals surface area (Å²) in [6.07, 6.45) is 9.62. The van der Waals surface area contributed by atoms with Crippen LogP contribution in [0.3, 0.4) is 0 Å². The summed E-state index contributed by atoms with van der Waals surface area (Å²) in [7, 11) is 0. The molecule has 0 spiro atoms. The lowest BCUT2D eigenvalue weighted by Gasteiger charge is -1.52. The molecule has 0 heterocycles. The van der Waals surface area contributed by atoms with Gasteiger partial charge >= 0.3 is 0 Å². The van der Waals surface area contributed by atoms with E-state index in [9.17, 15) is 0 Å². The Morgan fingerprint density at radius 3 is 1.08 bits per heavy atom. The van der Waals surface area contributed by atoms with Crippen LogP contribution in [-0.4, -0.2) is 0 Å². The highest BCUT2D eigenvalue weighted by Gasteiger charge is 1.52. The standard InChI is InChI=1S/C10H2.2CH4.5H2/c1-3-5-7-9-10-8-6-4-2;;;;;;;/h1-2H;2*1H4;5*1H. The predicted octanol–water partition coefficient (Wildman–Crippen LogP) is 2.77. The Labute approximate surface area is 83.2 Å². The van der Waals surface area contributed by atoms with Gasteiger partial charge in [-0.3, -0.25) is 0 Å². The molecule has 0 radical (unpaired) electrons. The number of rotatable bonds is 0. The second-order valence-electron chi connectivity index (χ2n) is 1.04. The molecule has 0 N–H and O–H groups in total. The van der Waals surface area contributed by atoms with Crippen LogP contribution in [0.25, 0.3) is 0 Å². The van der Waals surface area contributed by atoms with Crippen molar-refractivity contribution in [2.75, 3.05) is 0 Å². The molecule has 0 bridgehead atoms. The molecule has 0 aliphatic carbocycles. The molecular formula is C12H20. The normalized spacial score (nSPS) is 2.83. The van der Waals surface area contributed by atoms with Gasteiger partial charge in [0.25, 0.3) is 0 Å². The topological polar surface area (TPSA) is 0 Å². The summed E-state index contributed by atoms with van der Waals surface area (Å²) in [5, 5.41) is 0. The summed E-state index contributed by atoms with van der Waals surface area (Å²) in [6, 6.07) is 0. The van der Waals surface area contributed by atoms with Crippen LogP contribution in [0.15, 0.2) is 0 Å². The SMILES string of the molecule is C.C.C#CC#CC#CC#CC#C.[HH].[HH].[HH].[HH].[HH]. The van der Waals surface area contributed by atoms with Crippen molar-refractivity contribution in [3.8, 4) is 60.2 Å². The van der Waals surface area contributed by atoms with Crippen LogP contribution in [-0.2, 0) is 0 Å². The van der Waals surface area contributed by atoms with E-state index >= 15 is 0 Å². The second-order valence-corrected chi connectivity index (χ2v) is 1.04. The van der Waals surface area contributed by atoms with Crippen molar-refractivity contribution >= 4 is 0 Å². The minimum atomic E-state index is 0. The average Bonchev–Trinajstić information content (AvgIpc) is 1.97. The summed E-state index contributed by atoms with van der Waals surface area (Å²) in [6.45, 7) is 0. The lowest BCUT2D eigenvalue weighted by Crippen LogP contribution is -1.51. The Hall–Kier alpha value is -2.20. The van der Waals surface area contributed by atoms with Crippen molar-refractivity contribution in [2.45, 2.75) is 14.9 Å². The molecule has 0 aromatic heterocycles. The van der Waals surface area contributed by atoms with Crippen LogP contribution in [0.4, 0.5) is 0 Å². The highest BCUT2D eigenvalue weighted by Crippen LogP contribution is 1.52. The third-order valence-electron chi connectivity index (χ3n) is 0.457. The third kappa shape index (κ3) is 15.7. The summed E-state index contributed by atoms with van der Waals surface area (Å²) < 4.78 is 0. The fourth-order valence-electron chi connectivity index (χ4n) is 0.197. The van der Waals surface area contributed by atoms with Gasteiger partial charge in [0.2, 0.25) is 0 Å². The zero-order valence-electron chi connectivity index (χ0n) is 5.15. The van der Waals surface area contributed by atoms with Crippen molar-refractivity contribution in [1.29, 1.82) is 0 Å². The lowest BCUT2D eigenvalue weighted by molar-refractivity contribution is 2.37. The van der Waals surface area contributed by atoms with E-state index in [0.717, 1.165) is 0 Å². The average molecular weight is 164 g/mol. The van der Waals surface area contributed by atoms with Gasteiger partial charge in [-0.2, -0.15) is 0 Å². The molecule has 0 aromatic carbocycles. The quantitative estimate of drug-likeness (QED) is 0.483. The van der Waals surface area contributed by atoms with Crippen LogP contribution in [0.1, 0.15) is 22.0 Å². The van der Waals surface area contributed by atoms with Gasteiger partial charge in [-0.1, -0.05) is 14.9 Å². The van der Waals surface area contributed by atoms with Crippen LogP contribution in [0, 0.1) is 60.2 Å². The molecular weight excluding hydrogens is 144 g/mol. The highest BCUT2D eigenvalue weighted by atomic mass is 13.5. The lowest BCUT2D eigenvalue weighted by atomic mass is 10.5. The summed E-state index contributed by atoms with van der Waals surface area (Å²) >= 11 is 0. The molecule has 0 saturated carbocycles. The number of hydrogen-bond acceptors (Lipinski definition) is 0. The second kappa shape index (κ2) is 15.9. The van der Waals surface area contributed by atoms with Gasteiger partial charge in [0, 0.05) is 7.13 Å². The minimum absolute atomic E-state index is 0. The molecule has 0 fully saturated rings. The third-order valence-corrected chi connectivity index (χ3v) is 0.457. The van der Waals surface area contributed by atoms with Gasteiger partial charge < -0.3 is 0 Å². The Morgan fingerprint density at radius 1 is 0.583 bits per heavy atom. The van der Waals surface area contributed by atoms with E-state index in [1.165, 1.54) is 0 Å². The van der Waals surface area contributed by atoms with Gasteiger partial charge in [-0.15, -0.1) is 12.8 Å². The van der Waals surface area contributed by atoms with Crippen molar-refractivity contribution < 1.29 is 7.13 Å². The molecule has 0 unspecified atom stereocenters. The van der Waals surface area contributed by atoms with Crippen molar-refractivity contribution in [3.05, 3.63) is 0 Å². The number of terminal acetylenes is 2. The van der Waals surface area contributed by atoms with Crippen molar-refractivity contribution in [3.63, 3.8) is 0 Å². The molecule has 0 rings (SSSR count). The van der Waals surface area contributed by atoms with E-state index in [2.05, 4.69) is 47.4 Å². The Kier molecular flexibility index (Phi) is 21.8. The summed E-state index contributed by atoms with van der Waals surface area (Å²) in [5.41, 5.74) is 0.